The van der Waals surface area contributed by atoms with Crippen molar-refractivity contribution in [1.82, 2.24) is 0 Å². The second-order valence-electron chi connectivity index (χ2n) is 8.04. The van der Waals surface area contributed by atoms with Gasteiger partial charge in [0.1, 0.15) is 18.0 Å². The standard InChI is InChI=1S/C21H15I3O9S/c22-8-5-11(15(24)13(23)6-8)20(25)33-19-17-14(12-7-30-18(19)16(12)32-17)21(26)31-9-1-3-10(4-2-9)34(27,28)29/h1-6,12,14,16-19H,7H2,(H,27,28,29). The number of hydrogen-bond acceptors (Lipinski definition) is 8. The lowest BCUT2D eigenvalue weighted by Crippen LogP contribution is -2.48. The van der Waals surface area contributed by atoms with Crippen LogP contribution in [0.3, 0.4) is 0 Å². The van der Waals surface area contributed by atoms with Crippen LogP contribution < -0.4 is 4.74 Å². The van der Waals surface area contributed by atoms with E-state index in [4.69, 9.17) is 23.5 Å². The van der Waals surface area contributed by atoms with Crippen molar-refractivity contribution < 1.29 is 41.5 Å². The molecule has 3 fully saturated rings. The molecule has 0 aliphatic carbocycles. The molecule has 3 heterocycles. The Morgan fingerprint density at radius 2 is 1.74 bits per heavy atom. The summed E-state index contributed by atoms with van der Waals surface area (Å²) >= 11 is 6.40. The maximum Gasteiger partial charge on any atom is 0.339 e. The van der Waals surface area contributed by atoms with Crippen LogP contribution in [0, 0.1) is 22.5 Å². The van der Waals surface area contributed by atoms with E-state index in [-0.39, 0.29) is 29.3 Å². The normalized spacial score (nSPS) is 29.3. The van der Waals surface area contributed by atoms with Crippen LogP contribution in [0.5, 0.6) is 5.75 Å². The molecule has 3 saturated heterocycles. The molecule has 0 radical (unpaired) electrons. The number of halogens is 3. The molecular weight excluding hydrogens is 809 g/mol. The Balaban J connectivity index is 1.34. The summed E-state index contributed by atoms with van der Waals surface area (Å²) in [5, 5.41) is 0. The van der Waals surface area contributed by atoms with Crippen LogP contribution >= 0.6 is 67.8 Å². The van der Waals surface area contributed by atoms with Crippen molar-refractivity contribution in [3.05, 3.63) is 52.7 Å². The lowest BCUT2D eigenvalue weighted by Gasteiger charge is -2.28. The molecule has 1 N–H and O–H groups in total. The highest BCUT2D eigenvalue weighted by molar-refractivity contribution is 14.1. The topological polar surface area (TPSA) is 125 Å². The summed E-state index contributed by atoms with van der Waals surface area (Å²) < 4.78 is 57.3. The SMILES string of the molecule is O=C(OC1C2OCC3C2OC1C3C(=O)Oc1ccc(S(=O)(=O)O)cc1)c1cc(I)cc(I)c1I. The lowest BCUT2D eigenvalue weighted by atomic mass is 9.79. The van der Waals surface area contributed by atoms with E-state index in [0.29, 0.717) is 5.56 Å². The summed E-state index contributed by atoms with van der Waals surface area (Å²) in [6.45, 7) is 0.278. The first-order valence-electron chi connectivity index (χ1n) is 9.96. The molecule has 9 nitrogen and oxygen atoms in total. The van der Waals surface area contributed by atoms with Crippen molar-refractivity contribution in [3.63, 3.8) is 0 Å². The molecule has 3 aliphatic heterocycles. The quantitative estimate of drug-likeness (QED) is 0.159. The zero-order chi connectivity index (χ0) is 24.4. The van der Waals surface area contributed by atoms with E-state index in [1.165, 1.54) is 12.1 Å². The molecule has 0 aromatic heterocycles. The minimum Gasteiger partial charge on any atom is -0.453 e. The Hall–Kier alpha value is -0.600. The predicted octanol–water partition coefficient (Wildman–Crippen LogP) is 3.29. The van der Waals surface area contributed by atoms with Gasteiger partial charge in [0.15, 0.2) is 6.10 Å². The second kappa shape index (κ2) is 9.37. The average Bonchev–Trinajstić information content (AvgIpc) is 3.39. The van der Waals surface area contributed by atoms with Gasteiger partial charge in [-0.05, 0) is 104 Å². The first kappa shape index (κ1) is 25.1. The summed E-state index contributed by atoms with van der Waals surface area (Å²) in [5.41, 5.74) is 0.437. The van der Waals surface area contributed by atoms with Gasteiger partial charge in [-0.25, -0.2) is 4.79 Å². The van der Waals surface area contributed by atoms with E-state index in [1.54, 1.807) is 6.07 Å². The van der Waals surface area contributed by atoms with Crippen LogP contribution in [0.25, 0.3) is 0 Å². The number of rotatable bonds is 5. The third-order valence-corrected chi connectivity index (χ3v) is 10.6. The van der Waals surface area contributed by atoms with Gasteiger partial charge >= 0.3 is 11.9 Å². The molecule has 5 rings (SSSR count). The van der Waals surface area contributed by atoms with Gasteiger partial charge in [-0.15, -0.1) is 0 Å². The zero-order valence-electron chi connectivity index (χ0n) is 16.9. The summed E-state index contributed by atoms with van der Waals surface area (Å²) in [5.74, 6) is -1.92. The molecule has 13 heteroatoms. The average molecular weight is 824 g/mol. The van der Waals surface area contributed by atoms with Gasteiger partial charge in [0.25, 0.3) is 10.1 Å². The maximum absolute atomic E-state index is 13.0. The lowest BCUT2D eigenvalue weighted by molar-refractivity contribution is -0.143. The molecule has 6 unspecified atom stereocenters. The number of carbonyl (C=O) groups excluding carboxylic acids is 2. The summed E-state index contributed by atoms with van der Waals surface area (Å²) in [4.78, 5) is 25.8. The van der Waals surface area contributed by atoms with Crippen LogP contribution in [0.1, 0.15) is 10.4 Å². The summed E-state index contributed by atoms with van der Waals surface area (Å²) in [6, 6.07) is 8.54. The second-order valence-corrected chi connectivity index (χ2v) is 12.9. The highest BCUT2D eigenvalue weighted by Crippen LogP contribution is 2.51. The van der Waals surface area contributed by atoms with Crippen molar-refractivity contribution in [2.24, 2.45) is 11.8 Å². The summed E-state index contributed by atoms with van der Waals surface area (Å²) in [6.07, 6.45) is -2.30. The monoisotopic (exact) mass is 824 g/mol. The Labute approximate surface area is 235 Å². The van der Waals surface area contributed by atoms with Gasteiger partial charge in [-0.3, -0.25) is 9.35 Å². The van der Waals surface area contributed by atoms with E-state index in [2.05, 4.69) is 67.8 Å². The van der Waals surface area contributed by atoms with Crippen molar-refractivity contribution >= 4 is 89.8 Å². The van der Waals surface area contributed by atoms with Crippen molar-refractivity contribution in [3.8, 4) is 5.75 Å². The van der Waals surface area contributed by atoms with Crippen LogP contribution in [-0.2, 0) is 29.1 Å². The fraction of sp³-hybridized carbons (Fsp3) is 0.333. The van der Waals surface area contributed by atoms with Crippen LogP contribution in [-0.4, -0.2) is 55.9 Å². The van der Waals surface area contributed by atoms with Gasteiger partial charge in [0, 0.05) is 16.6 Å². The highest BCUT2D eigenvalue weighted by atomic mass is 127. The van der Waals surface area contributed by atoms with E-state index in [9.17, 15) is 18.0 Å². The van der Waals surface area contributed by atoms with Gasteiger partial charge in [-0.1, -0.05) is 0 Å². The summed E-state index contributed by atoms with van der Waals surface area (Å²) in [7, 11) is -4.36. The van der Waals surface area contributed by atoms with Crippen LogP contribution in [0.2, 0.25) is 0 Å². The smallest absolute Gasteiger partial charge is 0.339 e. The first-order chi connectivity index (χ1) is 16.0. The molecule has 180 valence electrons. The van der Waals surface area contributed by atoms with Crippen LogP contribution in [0.15, 0.2) is 41.3 Å². The Morgan fingerprint density at radius 3 is 2.41 bits per heavy atom. The molecule has 3 aliphatic rings. The molecule has 2 bridgehead atoms. The first-order valence-corrected chi connectivity index (χ1v) is 14.6. The third kappa shape index (κ3) is 4.49. The minimum atomic E-state index is -4.36. The van der Waals surface area contributed by atoms with E-state index >= 15 is 0 Å². The van der Waals surface area contributed by atoms with Crippen molar-refractivity contribution in [2.75, 3.05) is 6.61 Å². The third-order valence-electron chi connectivity index (χ3n) is 6.07. The predicted molar refractivity (Wildman–Crippen MR) is 141 cm³/mol. The van der Waals surface area contributed by atoms with E-state index < -0.39 is 46.3 Å². The Kier molecular flexibility index (Phi) is 6.91. The molecule has 0 spiro atoms. The Morgan fingerprint density at radius 1 is 1.03 bits per heavy atom. The van der Waals surface area contributed by atoms with Gasteiger partial charge in [-0.2, -0.15) is 8.42 Å². The fourth-order valence-electron chi connectivity index (χ4n) is 4.60. The number of hydrogen-bond donors (Lipinski definition) is 1. The Bertz CT molecular complexity index is 1280. The molecule has 2 aromatic rings. The number of fused-ring (bicyclic) bond motifs is 1. The zero-order valence-corrected chi connectivity index (χ0v) is 24.2. The van der Waals surface area contributed by atoms with E-state index in [0.717, 1.165) is 22.8 Å². The van der Waals surface area contributed by atoms with Crippen LogP contribution in [0.4, 0.5) is 0 Å². The van der Waals surface area contributed by atoms with Gasteiger partial charge in [0.05, 0.1) is 29.1 Å². The highest BCUT2D eigenvalue weighted by Gasteiger charge is 2.68. The molecule has 34 heavy (non-hydrogen) atoms. The number of esters is 2. The molecule has 2 aromatic carbocycles. The van der Waals surface area contributed by atoms with Crippen molar-refractivity contribution in [2.45, 2.75) is 29.3 Å². The number of benzene rings is 2. The largest absolute Gasteiger partial charge is 0.453 e. The minimum absolute atomic E-state index is 0.118. The van der Waals surface area contributed by atoms with E-state index in [1.807, 2.05) is 6.07 Å². The molecule has 0 amide bonds. The molecule has 6 atom stereocenters. The van der Waals surface area contributed by atoms with Gasteiger partial charge in [0.2, 0.25) is 0 Å². The molecular formula is C21H15I3O9S. The number of carbonyl (C=O) groups is 2. The van der Waals surface area contributed by atoms with Gasteiger partial charge < -0.3 is 18.9 Å². The van der Waals surface area contributed by atoms with Crippen molar-refractivity contribution in [1.29, 1.82) is 0 Å². The molecule has 0 saturated carbocycles. The fourth-order valence-corrected chi connectivity index (χ4v) is 7.46. The maximum atomic E-state index is 13.0. The number of ether oxygens (including phenoxy) is 4.